The summed E-state index contributed by atoms with van der Waals surface area (Å²) in [5.41, 5.74) is 0. The second-order valence-electron chi connectivity index (χ2n) is 6.84. The highest BCUT2D eigenvalue weighted by molar-refractivity contribution is 7.89. The predicted molar refractivity (Wildman–Crippen MR) is 113 cm³/mol. The highest BCUT2D eigenvalue weighted by Gasteiger charge is 2.32. The third-order valence-electron chi connectivity index (χ3n) is 4.76. The molecule has 0 bridgehead atoms. The lowest BCUT2D eigenvalue weighted by atomic mass is 10.2. The van der Waals surface area contributed by atoms with Gasteiger partial charge in [0.15, 0.2) is 0 Å². The highest BCUT2D eigenvalue weighted by atomic mass is 35.5. The van der Waals surface area contributed by atoms with E-state index in [9.17, 15) is 21.6 Å². The summed E-state index contributed by atoms with van der Waals surface area (Å²) in [6.45, 7) is 2.05. The zero-order chi connectivity index (χ0) is 21.9. The van der Waals surface area contributed by atoms with Gasteiger partial charge in [0.2, 0.25) is 26.0 Å². The van der Waals surface area contributed by atoms with Crippen molar-refractivity contribution in [3.8, 4) is 0 Å². The molecule has 0 unspecified atom stereocenters. The first-order chi connectivity index (χ1) is 14.1. The molecule has 2 aromatic carbocycles. The summed E-state index contributed by atoms with van der Waals surface area (Å²) in [5, 5.41) is 0.441. The quantitative estimate of drug-likeness (QED) is 0.688. The van der Waals surface area contributed by atoms with Gasteiger partial charge in [-0.1, -0.05) is 29.8 Å². The minimum absolute atomic E-state index is 0.0727. The molecule has 1 heterocycles. The van der Waals surface area contributed by atoms with Crippen molar-refractivity contribution in [1.82, 2.24) is 13.9 Å². The fourth-order valence-electron chi connectivity index (χ4n) is 3.13. The molecule has 0 spiro atoms. The van der Waals surface area contributed by atoms with E-state index in [-0.39, 0.29) is 36.0 Å². The molecule has 0 radical (unpaired) electrons. The summed E-state index contributed by atoms with van der Waals surface area (Å²) in [5.74, 6) is -0.405. The Balaban J connectivity index is 1.61. The SMILES string of the molecule is C[C@H](NS(=O)(=O)c1ccccc1)C(=O)N1CCN(S(=O)(=O)c2ccc(Cl)cc2)CC1. The van der Waals surface area contributed by atoms with E-state index in [4.69, 9.17) is 11.6 Å². The molecule has 11 heteroatoms. The van der Waals surface area contributed by atoms with Gasteiger partial charge in [-0.05, 0) is 43.3 Å². The molecule has 2 aromatic rings. The van der Waals surface area contributed by atoms with E-state index in [1.807, 2.05) is 0 Å². The molecule has 30 heavy (non-hydrogen) atoms. The van der Waals surface area contributed by atoms with Crippen LogP contribution in [0, 0.1) is 0 Å². The molecule has 1 fully saturated rings. The van der Waals surface area contributed by atoms with E-state index in [0.29, 0.717) is 5.02 Å². The van der Waals surface area contributed by atoms with Crippen molar-refractivity contribution in [2.75, 3.05) is 26.2 Å². The summed E-state index contributed by atoms with van der Waals surface area (Å²) in [6.07, 6.45) is 0. The molecule has 1 amide bonds. The zero-order valence-electron chi connectivity index (χ0n) is 16.2. The average molecular weight is 472 g/mol. The van der Waals surface area contributed by atoms with E-state index in [1.54, 1.807) is 18.2 Å². The molecule has 0 aromatic heterocycles. The van der Waals surface area contributed by atoms with Gasteiger partial charge in [-0.2, -0.15) is 9.03 Å². The van der Waals surface area contributed by atoms with Crippen LogP contribution in [0.1, 0.15) is 6.92 Å². The summed E-state index contributed by atoms with van der Waals surface area (Å²) < 4.78 is 54.0. The van der Waals surface area contributed by atoms with Crippen LogP contribution in [0.4, 0.5) is 0 Å². The highest BCUT2D eigenvalue weighted by Crippen LogP contribution is 2.20. The standard InChI is InChI=1S/C19H22ClN3O5S2/c1-15(21-29(25,26)17-5-3-2-4-6-17)19(24)22-11-13-23(14-12-22)30(27,28)18-9-7-16(20)8-10-18/h2-10,15,21H,11-14H2,1H3/t15-/m0/s1. The molecular formula is C19H22ClN3O5S2. The lowest BCUT2D eigenvalue weighted by Crippen LogP contribution is -2.55. The minimum Gasteiger partial charge on any atom is -0.339 e. The maximum absolute atomic E-state index is 12.7. The van der Waals surface area contributed by atoms with Gasteiger partial charge in [0.1, 0.15) is 0 Å². The number of amides is 1. The molecule has 3 rings (SSSR count). The van der Waals surface area contributed by atoms with E-state index in [2.05, 4.69) is 4.72 Å². The largest absolute Gasteiger partial charge is 0.339 e. The Morgan fingerprint density at radius 2 is 1.47 bits per heavy atom. The fourth-order valence-corrected chi connectivity index (χ4v) is 5.90. The van der Waals surface area contributed by atoms with E-state index in [1.165, 1.54) is 52.5 Å². The number of nitrogens with one attached hydrogen (secondary N) is 1. The van der Waals surface area contributed by atoms with Gasteiger partial charge in [0.05, 0.1) is 15.8 Å². The molecule has 1 aliphatic heterocycles. The Labute approximate surface area is 181 Å². The minimum atomic E-state index is -3.83. The van der Waals surface area contributed by atoms with Gasteiger partial charge in [0, 0.05) is 31.2 Å². The number of halogens is 1. The maximum Gasteiger partial charge on any atom is 0.243 e. The molecule has 0 aliphatic carbocycles. The van der Waals surface area contributed by atoms with Crippen molar-refractivity contribution >= 4 is 37.6 Å². The number of hydrogen-bond acceptors (Lipinski definition) is 5. The number of hydrogen-bond donors (Lipinski definition) is 1. The fraction of sp³-hybridized carbons (Fsp3) is 0.316. The number of piperazine rings is 1. The second-order valence-corrected chi connectivity index (χ2v) is 10.9. The normalized spacial score (nSPS) is 16.9. The Morgan fingerprint density at radius 1 is 0.900 bits per heavy atom. The third-order valence-corrected chi connectivity index (χ3v) is 8.48. The van der Waals surface area contributed by atoms with Gasteiger partial charge in [0.25, 0.3) is 0 Å². The molecule has 1 N–H and O–H groups in total. The first-order valence-electron chi connectivity index (χ1n) is 9.23. The Hall–Kier alpha value is -1.98. The van der Waals surface area contributed by atoms with E-state index in [0.717, 1.165) is 0 Å². The Bertz CT molecular complexity index is 1100. The number of carbonyl (C=O) groups is 1. The van der Waals surface area contributed by atoms with E-state index < -0.39 is 32.0 Å². The van der Waals surface area contributed by atoms with Crippen LogP contribution in [0.3, 0.4) is 0 Å². The Morgan fingerprint density at radius 3 is 2.03 bits per heavy atom. The first-order valence-corrected chi connectivity index (χ1v) is 12.5. The third kappa shape index (κ3) is 5.01. The smallest absolute Gasteiger partial charge is 0.243 e. The monoisotopic (exact) mass is 471 g/mol. The van der Waals surface area contributed by atoms with Crippen LogP contribution in [-0.4, -0.2) is 64.2 Å². The van der Waals surface area contributed by atoms with Gasteiger partial charge in [-0.25, -0.2) is 16.8 Å². The summed E-state index contributed by atoms with van der Waals surface area (Å²) >= 11 is 5.81. The lowest BCUT2D eigenvalue weighted by molar-refractivity contribution is -0.133. The van der Waals surface area contributed by atoms with Crippen LogP contribution < -0.4 is 4.72 Å². The summed E-state index contributed by atoms with van der Waals surface area (Å²) in [7, 11) is -7.52. The van der Waals surface area contributed by atoms with Crippen molar-refractivity contribution in [2.24, 2.45) is 0 Å². The molecule has 1 saturated heterocycles. The van der Waals surface area contributed by atoms with Crippen LogP contribution in [0.15, 0.2) is 64.4 Å². The Kier molecular flexibility index (Phi) is 6.83. The van der Waals surface area contributed by atoms with Gasteiger partial charge < -0.3 is 4.90 Å². The topological polar surface area (TPSA) is 104 Å². The predicted octanol–water partition coefficient (Wildman–Crippen LogP) is 1.54. The number of nitrogens with zero attached hydrogens (tertiary/aromatic N) is 2. The van der Waals surface area contributed by atoms with Crippen molar-refractivity contribution in [3.05, 3.63) is 59.6 Å². The molecule has 1 atom stereocenters. The van der Waals surface area contributed by atoms with Gasteiger partial charge in [-0.3, -0.25) is 4.79 Å². The van der Waals surface area contributed by atoms with Crippen LogP contribution in [0.25, 0.3) is 0 Å². The second kappa shape index (κ2) is 9.03. The van der Waals surface area contributed by atoms with Crippen molar-refractivity contribution in [3.63, 3.8) is 0 Å². The number of carbonyl (C=O) groups excluding carboxylic acids is 1. The summed E-state index contributed by atoms with van der Waals surface area (Å²) in [6, 6.07) is 12.7. The first kappa shape index (κ1) is 22.7. The molecule has 8 nitrogen and oxygen atoms in total. The van der Waals surface area contributed by atoms with Crippen LogP contribution in [0.5, 0.6) is 0 Å². The lowest BCUT2D eigenvalue weighted by Gasteiger charge is -2.35. The molecule has 162 valence electrons. The van der Waals surface area contributed by atoms with E-state index >= 15 is 0 Å². The zero-order valence-corrected chi connectivity index (χ0v) is 18.6. The molecular weight excluding hydrogens is 450 g/mol. The van der Waals surface area contributed by atoms with Crippen LogP contribution >= 0.6 is 11.6 Å². The number of benzene rings is 2. The average Bonchev–Trinajstić information content (AvgIpc) is 2.74. The van der Waals surface area contributed by atoms with Crippen molar-refractivity contribution < 1.29 is 21.6 Å². The van der Waals surface area contributed by atoms with Crippen LogP contribution in [0.2, 0.25) is 5.02 Å². The maximum atomic E-state index is 12.7. The van der Waals surface area contributed by atoms with Gasteiger partial charge >= 0.3 is 0 Å². The molecule has 1 aliphatic rings. The van der Waals surface area contributed by atoms with Gasteiger partial charge in [-0.15, -0.1) is 0 Å². The van der Waals surface area contributed by atoms with Crippen molar-refractivity contribution in [2.45, 2.75) is 22.8 Å². The number of sulfonamides is 2. The number of rotatable bonds is 6. The van der Waals surface area contributed by atoms with Crippen molar-refractivity contribution in [1.29, 1.82) is 0 Å². The molecule has 0 saturated carbocycles. The summed E-state index contributed by atoms with van der Waals surface area (Å²) in [4.78, 5) is 14.4. The van der Waals surface area contributed by atoms with Crippen LogP contribution in [-0.2, 0) is 24.8 Å².